The van der Waals surface area contributed by atoms with E-state index in [1.165, 1.54) is 122 Å². The van der Waals surface area contributed by atoms with Gasteiger partial charge in [0.15, 0.2) is 11.7 Å². The van der Waals surface area contributed by atoms with Crippen molar-refractivity contribution in [2.45, 2.75) is 187 Å². The van der Waals surface area contributed by atoms with E-state index in [1.807, 2.05) is 37.3 Å². The smallest absolute Gasteiger partial charge is 0.344 e. The van der Waals surface area contributed by atoms with Gasteiger partial charge in [-0.2, -0.15) is 0 Å². The van der Waals surface area contributed by atoms with E-state index in [0.29, 0.717) is 0 Å². The standard InChI is InChI=1S/C43H68O3/c1-5-7-9-11-13-14-15-16-17-18-19-20-21-22-24-26-28-34-41(33-27-25-23-12-10-8-6-2)46-42(44)43(3,45-4)40-36-35-38-31-29-30-32-39(38)37-40/h29-32,35-37,41H,5-26,28,34H2,1-4H3/t41-,43-/m0/s1. The van der Waals surface area contributed by atoms with Gasteiger partial charge in [-0.05, 0) is 48.6 Å². The average Bonchev–Trinajstić information content (AvgIpc) is 3.08. The highest BCUT2D eigenvalue weighted by Gasteiger charge is 2.38. The van der Waals surface area contributed by atoms with Crippen molar-refractivity contribution in [2.75, 3.05) is 7.11 Å². The lowest BCUT2D eigenvalue weighted by Gasteiger charge is -2.28. The van der Waals surface area contributed by atoms with E-state index in [4.69, 9.17) is 9.47 Å². The average molecular weight is 633 g/mol. The van der Waals surface area contributed by atoms with Crippen LogP contribution in [0.25, 0.3) is 10.8 Å². The summed E-state index contributed by atoms with van der Waals surface area (Å²) in [5, 5.41) is 2.22. The first kappa shape index (κ1) is 39.9. The van der Waals surface area contributed by atoms with Crippen LogP contribution >= 0.6 is 0 Å². The molecular formula is C43H68O3. The Morgan fingerprint density at radius 2 is 1.13 bits per heavy atom. The quantitative estimate of drug-likeness (QED) is 0.0558. The summed E-state index contributed by atoms with van der Waals surface area (Å²) in [6.45, 7) is 6.34. The lowest BCUT2D eigenvalue weighted by Crippen LogP contribution is -2.38. The first-order valence-electron chi connectivity index (χ1n) is 19.3. The number of esters is 1. The maximum absolute atomic E-state index is 13.6. The van der Waals surface area contributed by atoms with Gasteiger partial charge in [0, 0.05) is 13.5 Å². The van der Waals surface area contributed by atoms with Crippen LogP contribution in [0.5, 0.6) is 0 Å². The largest absolute Gasteiger partial charge is 0.447 e. The van der Waals surface area contributed by atoms with Crippen LogP contribution in [0.3, 0.4) is 0 Å². The van der Waals surface area contributed by atoms with Crippen LogP contribution < -0.4 is 0 Å². The van der Waals surface area contributed by atoms with Crippen LogP contribution in [0.1, 0.15) is 180 Å². The predicted octanol–water partition coefficient (Wildman–Crippen LogP) is 13.0. The molecule has 0 aliphatic heterocycles. The van der Waals surface area contributed by atoms with Crippen LogP contribution in [0, 0.1) is 11.8 Å². The van der Waals surface area contributed by atoms with E-state index >= 15 is 0 Å². The fourth-order valence-electron chi connectivity index (χ4n) is 6.26. The van der Waals surface area contributed by atoms with Crippen molar-refractivity contribution in [2.24, 2.45) is 0 Å². The summed E-state index contributed by atoms with van der Waals surface area (Å²) in [7, 11) is 1.59. The second-order valence-corrected chi connectivity index (χ2v) is 13.6. The van der Waals surface area contributed by atoms with Crippen LogP contribution in [-0.4, -0.2) is 19.2 Å². The number of methoxy groups -OCH3 is 1. The Morgan fingerprint density at radius 1 is 0.652 bits per heavy atom. The lowest BCUT2D eigenvalue weighted by molar-refractivity contribution is -0.171. The summed E-state index contributed by atoms with van der Waals surface area (Å²) < 4.78 is 11.9. The SMILES string of the molecule is CCCCCCCC#C[C@@H](CCCCCCCCCCCCCCCCCCC)OC(=O)[C@@](C)(OC)c1ccc2ccccc2c1. The third-order valence-electron chi connectivity index (χ3n) is 9.59. The van der Waals surface area contributed by atoms with Crippen molar-refractivity contribution < 1.29 is 14.3 Å². The first-order valence-corrected chi connectivity index (χ1v) is 19.3. The van der Waals surface area contributed by atoms with Gasteiger partial charge in [-0.25, -0.2) is 4.79 Å². The maximum Gasteiger partial charge on any atom is 0.344 e. The Balaban J connectivity index is 1.74. The van der Waals surface area contributed by atoms with Crippen molar-refractivity contribution in [3.05, 3.63) is 48.0 Å². The third kappa shape index (κ3) is 16.5. The molecule has 3 nitrogen and oxygen atoms in total. The zero-order chi connectivity index (χ0) is 33.1. The zero-order valence-corrected chi connectivity index (χ0v) is 30.3. The zero-order valence-electron chi connectivity index (χ0n) is 30.3. The van der Waals surface area contributed by atoms with E-state index in [2.05, 4.69) is 37.8 Å². The van der Waals surface area contributed by atoms with Crippen molar-refractivity contribution >= 4 is 16.7 Å². The highest BCUT2D eigenvalue weighted by molar-refractivity contribution is 5.87. The number of carbonyl (C=O) groups excluding carboxylic acids is 1. The molecule has 2 rings (SSSR count). The number of carbonyl (C=O) groups is 1. The molecule has 0 bridgehead atoms. The van der Waals surface area contributed by atoms with E-state index in [1.54, 1.807) is 7.11 Å². The van der Waals surface area contributed by atoms with Gasteiger partial charge < -0.3 is 9.47 Å². The Kier molecular flexibility index (Phi) is 22.3. The third-order valence-corrected chi connectivity index (χ3v) is 9.59. The molecule has 46 heavy (non-hydrogen) atoms. The molecule has 0 N–H and O–H groups in total. The van der Waals surface area contributed by atoms with Gasteiger partial charge in [0.1, 0.15) is 0 Å². The van der Waals surface area contributed by atoms with E-state index in [0.717, 1.165) is 48.4 Å². The van der Waals surface area contributed by atoms with Gasteiger partial charge in [0.05, 0.1) is 0 Å². The van der Waals surface area contributed by atoms with E-state index < -0.39 is 11.7 Å². The van der Waals surface area contributed by atoms with Crippen molar-refractivity contribution in [3.8, 4) is 11.8 Å². The summed E-state index contributed by atoms with van der Waals surface area (Å²) in [6.07, 6.45) is 30.4. The maximum atomic E-state index is 13.6. The number of unbranched alkanes of at least 4 members (excludes halogenated alkanes) is 21. The molecule has 0 saturated carbocycles. The Morgan fingerprint density at radius 3 is 1.65 bits per heavy atom. The molecule has 2 aromatic carbocycles. The number of rotatable bonds is 27. The van der Waals surface area contributed by atoms with E-state index in [9.17, 15) is 4.79 Å². The number of fused-ring (bicyclic) bond motifs is 1. The first-order chi connectivity index (χ1) is 22.5. The van der Waals surface area contributed by atoms with Gasteiger partial charge in [0.25, 0.3) is 0 Å². The summed E-state index contributed by atoms with van der Waals surface area (Å²) in [4.78, 5) is 13.6. The van der Waals surface area contributed by atoms with Crippen molar-refractivity contribution in [1.29, 1.82) is 0 Å². The highest BCUT2D eigenvalue weighted by atomic mass is 16.6. The molecule has 0 aromatic heterocycles. The van der Waals surface area contributed by atoms with Crippen molar-refractivity contribution in [1.82, 2.24) is 0 Å². The molecule has 2 atom stereocenters. The minimum absolute atomic E-state index is 0.362. The van der Waals surface area contributed by atoms with Crippen LogP contribution in [-0.2, 0) is 19.9 Å². The number of ether oxygens (including phenoxy) is 2. The molecule has 0 radical (unpaired) electrons. The predicted molar refractivity (Wildman–Crippen MR) is 198 cm³/mol. The summed E-state index contributed by atoms with van der Waals surface area (Å²) in [6, 6.07) is 14.2. The molecule has 0 saturated heterocycles. The van der Waals surface area contributed by atoms with Crippen molar-refractivity contribution in [3.63, 3.8) is 0 Å². The fourth-order valence-corrected chi connectivity index (χ4v) is 6.26. The van der Waals surface area contributed by atoms with Crippen LogP contribution in [0.4, 0.5) is 0 Å². The number of hydrogen-bond acceptors (Lipinski definition) is 3. The molecule has 2 aromatic rings. The lowest BCUT2D eigenvalue weighted by atomic mass is 9.93. The topological polar surface area (TPSA) is 35.5 Å². The molecule has 0 heterocycles. The van der Waals surface area contributed by atoms with Crippen LogP contribution in [0.15, 0.2) is 42.5 Å². The number of hydrogen-bond donors (Lipinski definition) is 0. The minimum Gasteiger partial charge on any atom is -0.447 e. The fraction of sp³-hybridized carbons (Fsp3) is 0.698. The van der Waals surface area contributed by atoms with Gasteiger partial charge in [-0.15, -0.1) is 0 Å². The molecule has 0 spiro atoms. The normalized spacial score (nSPS) is 13.2. The summed E-state index contributed by atoms with van der Waals surface area (Å²) in [5.74, 6) is 6.30. The Labute approximate surface area is 284 Å². The number of benzene rings is 2. The van der Waals surface area contributed by atoms with Gasteiger partial charge in [-0.3, -0.25) is 0 Å². The highest BCUT2D eigenvalue weighted by Crippen LogP contribution is 2.30. The van der Waals surface area contributed by atoms with Crippen LogP contribution in [0.2, 0.25) is 0 Å². The van der Waals surface area contributed by atoms with Gasteiger partial charge >= 0.3 is 5.97 Å². The minimum atomic E-state index is -1.18. The second-order valence-electron chi connectivity index (χ2n) is 13.6. The summed E-state index contributed by atoms with van der Waals surface area (Å²) in [5.41, 5.74) is -0.377. The van der Waals surface area contributed by atoms with Gasteiger partial charge in [-0.1, -0.05) is 191 Å². The molecular weight excluding hydrogens is 564 g/mol. The van der Waals surface area contributed by atoms with E-state index in [-0.39, 0.29) is 5.97 Å². The molecule has 0 unspecified atom stereocenters. The molecule has 3 heteroatoms. The second kappa shape index (κ2) is 25.7. The molecule has 0 aliphatic carbocycles. The monoisotopic (exact) mass is 633 g/mol. The molecule has 0 amide bonds. The molecule has 258 valence electrons. The Bertz CT molecular complexity index is 1110. The Hall–Kier alpha value is -2.31. The molecule has 0 fully saturated rings. The summed E-state index contributed by atoms with van der Waals surface area (Å²) >= 11 is 0. The van der Waals surface area contributed by atoms with Gasteiger partial charge in [0.2, 0.25) is 0 Å². The molecule has 0 aliphatic rings.